The third kappa shape index (κ3) is 3.39. The van der Waals surface area contributed by atoms with Gasteiger partial charge < -0.3 is 10.4 Å². The molecule has 19 heavy (non-hydrogen) atoms. The van der Waals surface area contributed by atoms with Gasteiger partial charge in [-0.2, -0.15) is 0 Å². The van der Waals surface area contributed by atoms with Gasteiger partial charge in [0.15, 0.2) is 0 Å². The number of amides is 1. The molecule has 3 fully saturated rings. The molecule has 1 aliphatic heterocycles. The summed E-state index contributed by atoms with van der Waals surface area (Å²) in [5.41, 5.74) is 0. The van der Waals surface area contributed by atoms with E-state index < -0.39 is 6.09 Å². The highest BCUT2D eigenvalue weighted by atomic mass is 16.4. The number of carbonyl (C=O) groups is 1. The van der Waals surface area contributed by atoms with Crippen molar-refractivity contribution in [3.63, 3.8) is 0 Å². The number of hydrogen-bond donors (Lipinski definition) is 2. The summed E-state index contributed by atoms with van der Waals surface area (Å²) in [5, 5.41) is 11.5. The van der Waals surface area contributed by atoms with Gasteiger partial charge in [0.25, 0.3) is 0 Å². The van der Waals surface area contributed by atoms with Crippen LogP contribution in [0.3, 0.4) is 0 Å². The van der Waals surface area contributed by atoms with Crippen LogP contribution in [0.1, 0.15) is 38.5 Å². The van der Waals surface area contributed by atoms with E-state index in [4.69, 9.17) is 5.11 Å². The Morgan fingerprint density at radius 2 is 1.58 bits per heavy atom. The van der Waals surface area contributed by atoms with Crippen molar-refractivity contribution in [1.29, 1.82) is 0 Å². The van der Waals surface area contributed by atoms with Crippen molar-refractivity contribution in [3.05, 3.63) is 0 Å². The second kappa shape index (κ2) is 5.67. The fourth-order valence-corrected chi connectivity index (χ4v) is 3.71. The Bertz CT molecular complexity index is 325. The summed E-state index contributed by atoms with van der Waals surface area (Å²) >= 11 is 0. The monoisotopic (exact) mass is 267 g/mol. The second-order valence-electron chi connectivity index (χ2n) is 6.27. The van der Waals surface area contributed by atoms with E-state index in [9.17, 15) is 4.79 Å². The smallest absolute Gasteiger partial charge is 0.404 e. The van der Waals surface area contributed by atoms with E-state index in [1.807, 2.05) is 0 Å². The summed E-state index contributed by atoms with van der Waals surface area (Å²) in [7, 11) is 0. The first-order chi connectivity index (χ1) is 9.22. The molecular formula is C14H25N3O2. The van der Waals surface area contributed by atoms with Crippen molar-refractivity contribution in [2.24, 2.45) is 0 Å². The molecule has 0 unspecified atom stereocenters. The Labute approximate surface area is 114 Å². The number of carboxylic acid groups (broad SMARTS) is 1. The van der Waals surface area contributed by atoms with Gasteiger partial charge in [-0.1, -0.05) is 0 Å². The summed E-state index contributed by atoms with van der Waals surface area (Å²) in [6, 6.07) is 1.64. The number of nitrogens with zero attached hydrogens (tertiary/aromatic N) is 2. The van der Waals surface area contributed by atoms with Gasteiger partial charge >= 0.3 is 6.09 Å². The van der Waals surface area contributed by atoms with Crippen LogP contribution in [0.5, 0.6) is 0 Å². The third-order valence-electron chi connectivity index (χ3n) is 4.90. The van der Waals surface area contributed by atoms with E-state index in [0.717, 1.165) is 25.3 Å². The first-order valence-electron chi connectivity index (χ1n) is 7.70. The van der Waals surface area contributed by atoms with Gasteiger partial charge in [-0.25, -0.2) is 4.79 Å². The van der Waals surface area contributed by atoms with Crippen LogP contribution in [0.15, 0.2) is 0 Å². The quantitative estimate of drug-likeness (QED) is 0.810. The maximum Gasteiger partial charge on any atom is 0.404 e. The molecule has 5 nitrogen and oxygen atoms in total. The average molecular weight is 267 g/mol. The van der Waals surface area contributed by atoms with Crippen molar-refractivity contribution in [2.45, 2.75) is 56.7 Å². The van der Waals surface area contributed by atoms with E-state index in [1.54, 1.807) is 0 Å². The van der Waals surface area contributed by atoms with Crippen LogP contribution in [0.25, 0.3) is 0 Å². The molecule has 2 saturated carbocycles. The maximum atomic E-state index is 10.7. The molecule has 1 amide bonds. The minimum Gasteiger partial charge on any atom is -0.465 e. The van der Waals surface area contributed by atoms with Gasteiger partial charge in [0, 0.05) is 44.3 Å². The van der Waals surface area contributed by atoms with E-state index in [0.29, 0.717) is 6.04 Å². The molecule has 0 bridgehead atoms. The highest BCUT2D eigenvalue weighted by Gasteiger charge is 2.34. The summed E-state index contributed by atoms with van der Waals surface area (Å²) in [6.07, 6.45) is 6.31. The molecule has 0 spiro atoms. The van der Waals surface area contributed by atoms with Crippen molar-refractivity contribution in [2.75, 3.05) is 26.2 Å². The summed E-state index contributed by atoms with van der Waals surface area (Å²) in [4.78, 5) is 16.0. The standard InChI is InChI=1S/C14H25N3O2/c18-14(19)15-11-2-1-3-13(10-11)17-8-6-16(7-9-17)12-4-5-12/h11-13,15H,1-10H2,(H,18,19)/t11-,13-/m0/s1. The van der Waals surface area contributed by atoms with Crippen LogP contribution in [-0.4, -0.2) is 65.3 Å². The lowest BCUT2D eigenvalue weighted by molar-refractivity contribution is 0.0682. The molecule has 5 heteroatoms. The maximum absolute atomic E-state index is 10.7. The lowest BCUT2D eigenvalue weighted by atomic mass is 9.89. The molecule has 1 heterocycles. The molecule has 1 saturated heterocycles. The summed E-state index contributed by atoms with van der Waals surface area (Å²) in [5.74, 6) is 0. The Morgan fingerprint density at radius 3 is 2.16 bits per heavy atom. The molecule has 3 rings (SSSR count). The Morgan fingerprint density at radius 1 is 0.947 bits per heavy atom. The fraction of sp³-hybridized carbons (Fsp3) is 0.929. The number of rotatable bonds is 3. The van der Waals surface area contributed by atoms with Gasteiger partial charge in [0.1, 0.15) is 0 Å². The average Bonchev–Trinajstić information content (AvgIpc) is 3.23. The molecule has 3 aliphatic rings. The third-order valence-corrected chi connectivity index (χ3v) is 4.90. The van der Waals surface area contributed by atoms with Crippen LogP contribution < -0.4 is 5.32 Å². The van der Waals surface area contributed by atoms with Gasteiger partial charge in [-0.3, -0.25) is 9.80 Å². The number of piperazine rings is 1. The molecule has 0 aromatic rings. The minimum atomic E-state index is -0.871. The molecule has 2 aliphatic carbocycles. The SMILES string of the molecule is O=C(O)N[C@H]1CCC[C@H](N2CCN(C3CC3)CC2)C1. The predicted molar refractivity (Wildman–Crippen MR) is 73.4 cm³/mol. The predicted octanol–water partition coefficient (Wildman–Crippen LogP) is 1.35. The lowest BCUT2D eigenvalue weighted by Gasteiger charge is -2.42. The van der Waals surface area contributed by atoms with E-state index in [-0.39, 0.29) is 6.04 Å². The van der Waals surface area contributed by atoms with Gasteiger partial charge in [-0.15, -0.1) is 0 Å². The van der Waals surface area contributed by atoms with Gasteiger partial charge in [0.05, 0.1) is 0 Å². The number of hydrogen-bond acceptors (Lipinski definition) is 3. The number of nitrogens with one attached hydrogen (secondary N) is 1. The van der Waals surface area contributed by atoms with Crippen LogP contribution >= 0.6 is 0 Å². The van der Waals surface area contributed by atoms with E-state index in [2.05, 4.69) is 15.1 Å². The minimum absolute atomic E-state index is 0.165. The van der Waals surface area contributed by atoms with Crippen LogP contribution in [0, 0.1) is 0 Å². The molecular weight excluding hydrogens is 242 g/mol. The largest absolute Gasteiger partial charge is 0.465 e. The summed E-state index contributed by atoms with van der Waals surface area (Å²) < 4.78 is 0. The molecule has 0 aromatic carbocycles. The second-order valence-corrected chi connectivity index (χ2v) is 6.27. The first kappa shape index (κ1) is 13.2. The molecule has 108 valence electrons. The molecule has 0 radical (unpaired) electrons. The topological polar surface area (TPSA) is 55.8 Å². The first-order valence-corrected chi connectivity index (χ1v) is 7.70. The zero-order valence-corrected chi connectivity index (χ0v) is 11.6. The lowest BCUT2D eigenvalue weighted by Crippen LogP contribution is -2.53. The van der Waals surface area contributed by atoms with Gasteiger partial charge in [0.2, 0.25) is 0 Å². The highest BCUT2D eigenvalue weighted by Crippen LogP contribution is 2.29. The van der Waals surface area contributed by atoms with Crippen molar-refractivity contribution >= 4 is 6.09 Å². The van der Waals surface area contributed by atoms with Crippen molar-refractivity contribution in [3.8, 4) is 0 Å². The van der Waals surface area contributed by atoms with Crippen molar-refractivity contribution in [1.82, 2.24) is 15.1 Å². The van der Waals surface area contributed by atoms with E-state index in [1.165, 1.54) is 45.4 Å². The molecule has 0 aromatic heterocycles. The highest BCUT2D eigenvalue weighted by molar-refractivity contribution is 5.64. The van der Waals surface area contributed by atoms with Crippen LogP contribution in [-0.2, 0) is 0 Å². The molecule has 2 N–H and O–H groups in total. The summed E-state index contributed by atoms with van der Waals surface area (Å²) in [6.45, 7) is 4.75. The fourth-order valence-electron chi connectivity index (χ4n) is 3.71. The van der Waals surface area contributed by atoms with E-state index >= 15 is 0 Å². The Kier molecular flexibility index (Phi) is 3.93. The normalized spacial score (nSPS) is 34.1. The molecule has 2 atom stereocenters. The zero-order chi connectivity index (χ0) is 13.2. The van der Waals surface area contributed by atoms with Crippen LogP contribution in [0.2, 0.25) is 0 Å². The van der Waals surface area contributed by atoms with Crippen LogP contribution in [0.4, 0.5) is 4.79 Å². The zero-order valence-electron chi connectivity index (χ0n) is 11.6. The van der Waals surface area contributed by atoms with Crippen molar-refractivity contribution < 1.29 is 9.90 Å². The Hall–Kier alpha value is -0.810. The Balaban J connectivity index is 1.47. The van der Waals surface area contributed by atoms with Gasteiger partial charge in [-0.05, 0) is 38.5 Å².